The molecule has 1 unspecified atom stereocenters. The highest BCUT2D eigenvalue weighted by Crippen LogP contribution is 2.07. The van der Waals surface area contributed by atoms with E-state index in [0.29, 0.717) is 0 Å². The number of hydrogen-bond acceptors (Lipinski definition) is 3. The topological polar surface area (TPSA) is 75.6 Å². The molecule has 102 valence electrons. The van der Waals surface area contributed by atoms with E-state index in [1.54, 1.807) is 40.7 Å². The number of carbonyl (C=O) groups excluding carboxylic acids is 1. The first kappa shape index (κ1) is 16.2. The van der Waals surface area contributed by atoms with E-state index in [2.05, 4.69) is 5.32 Å². The van der Waals surface area contributed by atoms with Gasteiger partial charge >= 0.3 is 12.1 Å². The second-order valence-electron chi connectivity index (χ2n) is 4.84. The molecule has 0 saturated carbocycles. The van der Waals surface area contributed by atoms with Crippen LogP contribution < -0.4 is 5.32 Å². The Balaban J connectivity index is 4.35. The zero-order chi connectivity index (χ0) is 14.3. The van der Waals surface area contributed by atoms with Gasteiger partial charge in [0.1, 0.15) is 5.60 Å². The van der Waals surface area contributed by atoms with Crippen LogP contribution in [-0.4, -0.2) is 28.8 Å². The van der Waals surface area contributed by atoms with Crippen molar-refractivity contribution in [2.45, 2.75) is 46.3 Å². The third-order valence-corrected chi connectivity index (χ3v) is 1.87. The largest absolute Gasteiger partial charge is 0.478 e. The lowest BCUT2D eigenvalue weighted by Gasteiger charge is -2.20. The Morgan fingerprint density at radius 1 is 1.33 bits per heavy atom. The highest BCUT2D eigenvalue weighted by atomic mass is 16.6. The van der Waals surface area contributed by atoms with Crippen molar-refractivity contribution in [2.75, 3.05) is 0 Å². The predicted molar refractivity (Wildman–Crippen MR) is 69.4 cm³/mol. The molecular weight excluding hydrogens is 234 g/mol. The fourth-order valence-corrected chi connectivity index (χ4v) is 1.08. The third-order valence-electron chi connectivity index (χ3n) is 1.87. The van der Waals surface area contributed by atoms with Crippen LogP contribution >= 0.6 is 0 Å². The molecule has 18 heavy (non-hydrogen) atoms. The highest BCUT2D eigenvalue weighted by Gasteiger charge is 2.16. The number of hydrogen-bond donors (Lipinski definition) is 2. The van der Waals surface area contributed by atoms with Gasteiger partial charge in [0.2, 0.25) is 0 Å². The summed E-state index contributed by atoms with van der Waals surface area (Å²) in [5.74, 6) is -1.00. The lowest BCUT2D eigenvalue weighted by molar-refractivity contribution is -0.132. The molecule has 0 aromatic rings. The molecule has 0 aromatic heterocycles. The second kappa shape index (κ2) is 6.83. The van der Waals surface area contributed by atoms with Crippen molar-refractivity contribution < 1.29 is 19.4 Å². The van der Waals surface area contributed by atoms with Gasteiger partial charge in [-0.05, 0) is 34.6 Å². The van der Waals surface area contributed by atoms with E-state index in [-0.39, 0.29) is 11.6 Å². The van der Waals surface area contributed by atoms with Gasteiger partial charge in [-0.2, -0.15) is 0 Å². The van der Waals surface area contributed by atoms with Crippen molar-refractivity contribution in [3.8, 4) is 0 Å². The summed E-state index contributed by atoms with van der Waals surface area (Å²) in [6.07, 6.45) is 3.99. The molecule has 0 aromatic carbocycles. The molecular formula is C13H21NO4. The SMILES string of the molecule is C/C=C(\C=C/C(C)NC(=O)OC(C)(C)C)C(=O)O. The van der Waals surface area contributed by atoms with E-state index in [9.17, 15) is 9.59 Å². The van der Waals surface area contributed by atoms with Crippen LogP contribution in [0.5, 0.6) is 0 Å². The van der Waals surface area contributed by atoms with Crippen molar-refractivity contribution in [3.63, 3.8) is 0 Å². The maximum atomic E-state index is 11.4. The minimum Gasteiger partial charge on any atom is -0.478 e. The maximum absolute atomic E-state index is 11.4. The summed E-state index contributed by atoms with van der Waals surface area (Å²) in [5.41, 5.74) is -0.379. The molecule has 0 radical (unpaired) electrons. The Kier molecular flexibility index (Phi) is 6.16. The monoisotopic (exact) mass is 255 g/mol. The molecule has 0 aliphatic carbocycles. The molecule has 0 spiro atoms. The number of nitrogens with one attached hydrogen (secondary N) is 1. The van der Waals surface area contributed by atoms with Crippen LogP contribution in [0.1, 0.15) is 34.6 Å². The van der Waals surface area contributed by atoms with Gasteiger partial charge in [0.15, 0.2) is 0 Å². The first-order valence-corrected chi connectivity index (χ1v) is 5.73. The molecule has 0 heterocycles. The molecule has 5 heteroatoms. The van der Waals surface area contributed by atoms with E-state index in [1.165, 1.54) is 12.2 Å². The molecule has 5 nitrogen and oxygen atoms in total. The van der Waals surface area contributed by atoms with Crippen LogP contribution in [0.25, 0.3) is 0 Å². The number of aliphatic carboxylic acids is 1. The first-order valence-electron chi connectivity index (χ1n) is 5.73. The maximum Gasteiger partial charge on any atom is 0.408 e. The number of carboxylic acids is 1. The fourth-order valence-electron chi connectivity index (χ4n) is 1.08. The lowest BCUT2D eigenvalue weighted by Crippen LogP contribution is -2.36. The van der Waals surface area contributed by atoms with Crippen LogP contribution in [0.2, 0.25) is 0 Å². The van der Waals surface area contributed by atoms with Gasteiger partial charge in [0.05, 0.1) is 5.57 Å². The summed E-state index contributed by atoms with van der Waals surface area (Å²) in [7, 11) is 0. The molecule has 1 atom stereocenters. The van der Waals surface area contributed by atoms with E-state index >= 15 is 0 Å². The number of alkyl carbamates (subject to hydrolysis) is 1. The number of carboxylic acid groups (broad SMARTS) is 1. The van der Waals surface area contributed by atoms with Crippen molar-refractivity contribution in [2.24, 2.45) is 0 Å². The van der Waals surface area contributed by atoms with Gasteiger partial charge in [-0.3, -0.25) is 0 Å². The minimum absolute atomic E-state index is 0.174. The summed E-state index contributed by atoms with van der Waals surface area (Å²) < 4.78 is 5.07. The Bertz CT molecular complexity index is 364. The number of ether oxygens (including phenoxy) is 1. The van der Waals surface area contributed by atoms with Crippen molar-refractivity contribution in [3.05, 3.63) is 23.8 Å². The smallest absolute Gasteiger partial charge is 0.408 e. The van der Waals surface area contributed by atoms with Gasteiger partial charge in [0.25, 0.3) is 0 Å². The normalized spacial score (nSPS) is 14.4. The van der Waals surface area contributed by atoms with Crippen molar-refractivity contribution in [1.29, 1.82) is 0 Å². The van der Waals surface area contributed by atoms with Crippen LogP contribution in [0, 0.1) is 0 Å². The van der Waals surface area contributed by atoms with E-state index in [4.69, 9.17) is 9.84 Å². The quantitative estimate of drug-likeness (QED) is 0.597. The minimum atomic E-state index is -1.00. The highest BCUT2D eigenvalue weighted by molar-refractivity contribution is 5.89. The summed E-state index contributed by atoms with van der Waals surface area (Å²) in [6.45, 7) is 8.69. The molecule has 0 bridgehead atoms. The molecule has 0 aliphatic rings. The molecule has 2 N–H and O–H groups in total. The van der Waals surface area contributed by atoms with Gasteiger partial charge < -0.3 is 15.2 Å². The van der Waals surface area contributed by atoms with Gasteiger partial charge in [-0.1, -0.05) is 18.2 Å². The fraction of sp³-hybridized carbons (Fsp3) is 0.538. The Labute approximate surface area is 108 Å². The molecule has 0 saturated heterocycles. The van der Waals surface area contributed by atoms with Crippen molar-refractivity contribution in [1.82, 2.24) is 5.32 Å². The van der Waals surface area contributed by atoms with Crippen LogP contribution in [-0.2, 0) is 9.53 Å². The molecule has 0 fully saturated rings. The Hall–Kier alpha value is -1.78. The van der Waals surface area contributed by atoms with E-state index < -0.39 is 17.7 Å². The number of amides is 1. The van der Waals surface area contributed by atoms with Gasteiger partial charge in [-0.15, -0.1) is 0 Å². The van der Waals surface area contributed by atoms with Crippen molar-refractivity contribution >= 4 is 12.1 Å². The van der Waals surface area contributed by atoms with Crippen LogP contribution in [0.3, 0.4) is 0 Å². The number of allylic oxidation sites excluding steroid dienone is 1. The molecule has 1 amide bonds. The van der Waals surface area contributed by atoms with Crippen LogP contribution in [0.4, 0.5) is 4.79 Å². The Morgan fingerprint density at radius 2 is 1.89 bits per heavy atom. The second-order valence-corrected chi connectivity index (χ2v) is 4.84. The summed E-state index contributed by atoms with van der Waals surface area (Å²) >= 11 is 0. The van der Waals surface area contributed by atoms with E-state index in [0.717, 1.165) is 0 Å². The third kappa shape index (κ3) is 7.49. The number of rotatable bonds is 4. The van der Waals surface area contributed by atoms with Gasteiger partial charge in [0, 0.05) is 6.04 Å². The average molecular weight is 255 g/mol. The summed E-state index contributed by atoms with van der Waals surface area (Å²) in [4.78, 5) is 22.1. The molecule has 0 aliphatic heterocycles. The van der Waals surface area contributed by atoms with E-state index in [1.807, 2.05) is 0 Å². The standard InChI is InChI=1S/C13H21NO4/c1-6-10(11(15)16)8-7-9(2)14-12(17)18-13(3,4)5/h6-9H,1-5H3,(H,14,17)(H,15,16)/b8-7-,10-6+. The summed E-state index contributed by atoms with van der Waals surface area (Å²) in [5, 5.41) is 11.4. The zero-order valence-corrected chi connectivity index (χ0v) is 11.5. The van der Waals surface area contributed by atoms with Crippen LogP contribution in [0.15, 0.2) is 23.8 Å². The van der Waals surface area contributed by atoms with Gasteiger partial charge in [-0.25, -0.2) is 9.59 Å². The average Bonchev–Trinajstić information content (AvgIpc) is 2.14. The predicted octanol–water partition coefficient (Wildman–Crippen LogP) is 2.49. The lowest BCUT2D eigenvalue weighted by atomic mass is 10.2. The molecule has 0 rings (SSSR count). The number of carbonyl (C=O) groups is 2. The first-order chi connectivity index (χ1) is 8.15. The zero-order valence-electron chi connectivity index (χ0n) is 11.5. The summed E-state index contributed by atoms with van der Waals surface area (Å²) in [6, 6.07) is -0.311. The Morgan fingerprint density at radius 3 is 2.28 bits per heavy atom.